The molecule has 1 N–H and O–H groups in total. The van der Waals surface area contributed by atoms with Crippen molar-refractivity contribution in [1.82, 2.24) is 9.80 Å². The molecule has 3 aromatic rings. The van der Waals surface area contributed by atoms with Gasteiger partial charge < -0.3 is 19.9 Å². The Morgan fingerprint density at radius 3 is 2.17 bits per heavy atom. The molecule has 7 nitrogen and oxygen atoms in total. The molecule has 3 amide bonds. The molecule has 1 atom stereocenters. The Kier molecular flexibility index (Phi) is 7.82. The van der Waals surface area contributed by atoms with E-state index in [1.165, 1.54) is 11.8 Å². The first-order chi connectivity index (χ1) is 17.3. The average molecular weight is 526 g/mol. The van der Waals surface area contributed by atoms with Gasteiger partial charge in [0.25, 0.3) is 17.7 Å². The van der Waals surface area contributed by atoms with Crippen molar-refractivity contribution < 1.29 is 19.1 Å². The second kappa shape index (κ2) is 11.0. The third-order valence-electron chi connectivity index (χ3n) is 6.07. The quantitative estimate of drug-likeness (QED) is 0.455. The van der Waals surface area contributed by atoms with Gasteiger partial charge in [-0.05, 0) is 61.0 Å². The fourth-order valence-electron chi connectivity index (χ4n) is 4.06. The lowest BCUT2D eigenvalue weighted by molar-refractivity contribution is -0.165. The fraction of sp³-hybridized carbons (Fsp3) is 0.222. The van der Waals surface area contributed by atoms with Crippen LogP contribution in [-0.4, -0.2) is 52.8 Å². The highest BCUT2D eigenvalue weighted by Crippen LogP contribution is 2.27. The summed E-state index contributed by atoms with van der Waals surface area (Å²) in [7, 11) is 0. The van der Waals surface area contributed by atoms with Crippen LogP contribution in [0.15, 0.2) is 78.9 Å². The van der Waals surface area contributed by atoms with Crippen molar-refractivity contribution >= 4 is 46.6 Å². The number of ether oxygens (including phenoxy) is 1. The molecule has 0 saturated carbocycles. The average Bonchev–Trinajstić information content (AvgIpc) is 2.88. The second-order valence-corrected chi connectivity index (χ2v) is 9.41. The number of carbonyl (C=O) groups is 3. The Hall–Kier alpha value is -3.55. The van der Waals surface area contributed by atoms with Gasteiger partial charge in [-0.2, -0.15) is 0 Å². The van der Waals surface area contributed by atoms with E-state index >= 15 is 0 Å². The van der Waals surface area contributed by atoms with Crippen molar-refractivity contribution in [1.29, 1.82) is 0 Å². The summed E-state index contributed by atoms with van der Waals surface area (Å²) < 4.78 is 5.62. The maximum absolute atomic E-state index is 13.8. The number of halogens is 2. The first kappa shape index (κ1) is 25.5. The van der Waals surface area contributed by atoms with E-state index < -0.39 is 23.3 Å². The van der Waals surface area contributed by atoms with E-state index in [1.54, 1.807) is 53.4 Å². The molecule has 3 aromatic carbocycles. The Balaban J connectivity index is 1.57. The summed E-state index contributed by atoms with van der Waals surface area (Å²) in [6, 6.07) is 22.6. The van der Waals surface area contributed by atoms with Gasteiger partial charge in [0.05, 0.1) is 0 Å². The van der Waals surface area contributed by atoms with Gasteiger partial charge in [-0.3, -0.25) is 14.4 Å². The van der Waals surface area contributed by atoms with Crippen LogP contribution in [0.5, 0.6) is 5.75 Å². The van der Waals surface area contributed by atoms with Gasteiger partial charge in [0.1, 0.15) is 5.75 Å². The van der Waals surface area contributed by atoms with E-state index in [-0.39, 0.29) is 19.7 Å². The zero-order valence-corrected chi connectivity index (χ0v) is 21.1. The first-order valence-electron chi connectivity index (χ1n) is 11.4. The Labute approximate surface area is 219 Å². The van der Waals surface area contributed by atoms with Crippen molar-refractivity contribution in [3.8, 4) is 5.75 Å². The lowest BCUT2D eigenvalue weighted by Gasteiger charge is -2.46. The molecule has 9 heteroatoms. The second-order valence-electron chi connectivity index (χ2n) is 8.53. The molecule has 4 rings (SSSR count). The number of carbonyl (C=O) groups excluding carboxylic acids is 3. The topological polar surface area (TPSA) is 79.0 Å². The van der Waals surface area contributed by atoms with Crippen LogP contribution in [0.25, 0.3) is 0 Å². The molecule has 0 spiro atoms. The highest BCUT2D eigenvalue weighted by atomic mass is 35.5. The van der Waals surface area contributed by atoms with Crippen LogP contribution in [0.1, 0.15) is 12.5 Å². The summed E-state index contributed by atoms with van der Waals surface area (Å²) in [5.41, 5.74) is -0.395. The molecular weight excluding hydrogens is 501 g/mol. The van der Waals surface area contributed by atoms with E-state index in [0.717, 1.165) is 5.56 Å². The molecule has 0 radical (unpaired) electrons. The Bertz CT molecular complexity index is 1240. The van der Waals surface area contributed by atoms with Gasteiger partial charge in [-0.25, -0.2) is 0 Å². The van der Waals surface area contributed by atoms with Crippen molar-refractivity contribution in [3.63, 3.8) is 0 Å². The smallest absolute Gasteiger partial charge is 0.261 e. The minimum atomic E-state index is -1.78. The first-order valence-corrected chi connectivity index (χ1v) is 12.1. The van der Waals surface area contributed by atoms with Crippen LogP contribution in [-0.2, 0) is 20.9 Å². The number of anilines is 1. The molecule has 0 aliphatic carbocycles. The number of amides is 3. The summed E-state index contributed by atoms with van der Waals surface area (Å²) in [4.78, 5) is 43.5. The highest BCUT2D eigenvalue weighted by molar-refractivity contribution is 6.31. The Morgan fingerprint density at radius 2 is 1.53 bits per heavy atom. The maximum Gasteiger partial charge on any atom is 0.261 e. The summed E-state index contributed by atoms with van der Waals surface area (Å²) >= 11 is 11.9. The standard InChI is InChI=1S/C27H25Cl2N3O4/c1-27(25(34)30-22-11-7-20(28)8-12-22)26(35)31(17-19-5-3-2-4-6-19)15-16-32(27)24(33)18-36-23-13-9-21(29)10-14-23/h2-14H,15-18H2,1H3,(H,30,34). The van der Waals surface area contributed by atoms with Crippen LogP contribution >= 0.6 is 23.2 Å². The number of hydrogen-bond acceptors (Lipinski definition) is 4. The molecule has 36 heavy (non-hydrogen) atoms. The fourth-order valence-corrected chi connectivity index (χ4v) is 4.31. The van der Waals surface area contributed by atoms with Crippen LogP contribution < -0.4 is 10.1 Å². The molecule has 1 saturated heterocycles. The number of hydrogen-bond donors (Lipinski definition) is 1. The van der Waals surface area contributed by atoms with E-state index in [1.807, 2.05) is 30.3 Å². The third kappa shape index (κ3) is 5.64. The summed E-state index contributed by atoms with van der Waals surface area (Å²) in [5.74, 6) is -1.11. The minimum absolute atomic E-state index is 0.173. The lowest BCUT2D eigenvalue weighted by Crippen LogP contribution is -2.70. The summed E-state index contributed by atoms with van der Waals surface area (Å²) in [6.07, 6.45) is 0. The van der Waals surface area contributed by atoms with Crippen molar-refractivity contribution in [2.24, 2.45) is 0 Å². The predicted octanol–water partition coefficient (Wildman–Crippen LogP) is 4.64. The zero-order chi connectivity index (χ0) is 25.7. The van der Waals surface area contributed by atoms with Crippen LogP contribution in [0.3, 0.4) is 0 Å². The third-order valence-corrected chi connectivity index (χ3v) is 6.58. The molecule has 186 valence electrons. The van der Waals surface area contributed by atoms with Gasteiger partial charge in [-0.1, -0.05) is 53.5 Å². The normalized spacial score (nSPS) is 17.6. The molecule has 1 heterocycles. The number of nitrogens with one attached hydrogen (secondary N) is 1. The number of rotatable bonds is 7. The SMILES string of the molecule is CC1(C(=O)Nc2ccc(Cl)cc2)C(=O)N(Cc2ccccc2)CCN1C(=O)COc1ccc(Cl)cc1. The van der Waals surface area contributed by atoms with E-state index in [9.17, 15) is 14.4 Å². The van der Waals surface area contributed by atoms with Gasteiger partial charge in [0, 0.05) is 35.4 Å². The molecule has 1 aliphatic heterocycles. The van der Waals surface area contributed by atoms with Crippen LogP contribution in [0.2, 0.25) is 10.0 Å². The van der Waals surface area contributed by atoms with Gasteiger partial charge in [-0.15, -0.1) is 0 Å². The number of benzene rings is 3. The Morgan fingerprint density at radius 1 is 0.917 bits per heavy atom. The largest absolute Gasteiger partial charge is 0.484 e. The van der Waals surface area contributed by atoms with Gasteiger partial charge in [0.2, 0.25) is 0 Å². The van der Waals surface area contributed by atoms with Gasteiger partial charge >= 0.3 is 0 Å². The molecule has 1 aliphatic rings. The van der Waals surface area contributed by atoms with Crippen LogP contribution in [0, 0.1) is 0 Å². The van der Waals surface area contributed by atoms with E-state index in [2.05, 4.69) is 5.32 Å². The monoisotopic (exact) mass is 525 g/mol. The number of piperazine rings is 1. The molecule has 0 aromatic heterocycles. The summed E-state index contributed by atoms with van der Waals surface area (Å²) in [6.45, 7) is 1.91. The van der Waals surface area contributed by atoms with E-state index in [4.69, 9.17) is 27.9 Å². The van der Waals surface area contributed by atoms with Gasteiger partial charge in [0.15, 0.2) is 12.1 Å². The van der Waals surface area contributed by atoms with Crippen molar-refractivity contribution in [3.05, 3.63) is 94.5 Å². The van der Waals surface area contributed by atoms with Crippen molar-refractivity contribution in [2.75, 3.05) is 25.0 Å². The maximum atomic E-state index is 13.8. The van der Waals surface area contributed by atoms with Crippen molar-refractivity contribution in [2.45, 2.75) is 19.0 Å². The minimum Gasteiger partial charge on any atom is -0.484 e. The van der Waals surface area contributed by atoms with Crippen LogP contribution in [0.4, 0.5) is 5.69 Å². The molecule has 1 fully saturated rings. The predicted molar refractivity (Wildman–Crippen MR) is 139 cm³/mol. The summed E-state index contributed by atoms with van der Waals surface area (Å²) in [5, 5.41) is 3.82. The highest BCUT2D eigenvalue weighted by Gasteiger charge is 2.53. The van der Waals surface area contributed by atoms with E-state index in [0.29, 0.717) is 28.0 Å². The number of nitrogens with zero attached hydrogens (tertiary/aromatic N) is 2. The molecule has 1 unspecified atom stereocenters. The molecular formula is C27H25Cl2N3O4. The zero-order valence-electron chi connectivity index (χ0n) is 19.6. The lowest BCUT2D eigenvalue weighted by atomic mass is 9.92. The molecule has 0 bridgehead atoms.